The maximum Gasteiger partial charge on any atom is 0.282 e. The molecule has 1 radical (unpaired) electrons. The molecule has 2 heteroatoms. The van der Waals surface area contributed by atoms with Gasteiger partial charge in [-0.3, -0.25) is 0 Å². The molecule has 2 aromatic rings. The molecule has 3 rings (SSSR count). The molecule has 0 spiro atoms. The molecule has 0 fully saturated rings. The van der Waals surface area contributed by atoms with Crippen molar-refractivity contribution in [1.82, 2.24) is 0 Å². The SMILES string of the molecule is Cc1ccc([Si](OCC2C=CC=CC2)c2ccc(C)cc2)cc1. The van der Waals surface area contributed by atoms with Gasteiger partial charge in [0.1, 0.15) is 0 Å². The average Bonchev–Trinajstić information content (AvgIpc) is 2.59. The number of aryl methyl sites for hydroxylation is 2. The van der Waals surface area contributed by atoms with Gasteiger partial charge in [0.2, 0.25) is 0 Å². The van der Waals surface area contributed by atoms with Crippen molar-refractivity contribution in [2.75, 3.05) is 6.61 Å². The highest BCUT2D eigenvalue weighted by atomic mass is 28.3. The van der Waals surface area contributed by atoms with Crippen LogP contribution in [0.1, 0.15) is 17.5 Å². The van der Waals surface area contributed by atoms with Crippen LogP contribution in [-0.4, -0.2) is 15.6 Å². The van der Waals surface area contributed by atoms with Gasteiger partial charge in [-0.1, -0.05) is 84.0 Å². The summed E-state index contributed by atoms with van der Waals surface area (Å²) in [6, 6.07) is 17.6. The highest BCUT2D eigenvalue weighted by molar-refractivity contribution is 6.80. The summed E-state index contributed by atoms with van der Waals surface area (Å²) in [4.78, 5) is 0. The highest BCUT2D eigenvalue weighted by Crippen LogP contribution is 2.12. The van der Waals surface area contributed by atoms with Gasteiger partial charge in [-0.2, -0.15) is 0 Å². The van der Waals surface area contributed by atoms with E-state index >= 15 is 0 Å². The molecule has 0 heterocycles. The molecule has 0 saturated carbocycles. The molecule has 2 aromatic carbocycles. The lowest BCUT2D eigenvalue weighted by Crippen LogP contribution is -2.45. The molecule has 0 aliphatic heterocycles. The summed E-state index contributed by atoms with van der Waals surface area (Å²) in [6.07, 6.45) is 9.79. The Kier molecular flexibility index (Phi) is 5.26. The number of hydrogen-bond acceptors (Lipinski definition) is 1. The molecule has 1 aliphatic carbocycles. The maximum absolute atomic E-state index is 6.45. The zero-order chi connectivity index (χ0) is 16.1. The van der Waals surface area contributed by atoms with E-state index in [-0.39, 0.29) is 0 Å². The Hall–Kier alpha value is -1.90. The minimum absolute atomic E-state index is 0.496. The first-order chi connectivity index (χ1) is 11.2. The maximum atomic E-state index is 6.45. The quantitative estimate of drug-likeness (QED) is 0.766. The van der Waals surface area contributed by atoms with Gasteiger partial charge in [-0.05, 0) is 30.6 Å². The Morgan fingerprint density at radius 1 is 0.870 bits per heavy atom. The van der Waals surface area contributed by atoms with Crippen LogP contribution >= 0.6 is 0 Å². The molecule has 0 bridgehead atoms. The largest absolute Gasteiger partial charge is 0.407 e. The van der Waals surface area contributed by atoms with Crippen LogP contribution in [-0.2, 0) is 4.43 Å². The molecule has 0 amide bonds. The Bertz CT molecular complexity index is 637. The van der Waals surface area contributed by atoms with E-state index in [0.717, 1.165) is 13.0 Å². The van der Waals surface area contributed by atoms with Crippen LogP contribution in [0.5, 0.6) is 0 Å². The predicted octanol–water partition coefficient (Wildman–Crippen LogP) is 3.56. The molecule has 1 atom stereocenters. The van der Waals surface area contributed by atoms with E-state index in [1.807, 2.05) is 0 Å². The fourth-order valence-electron chi connectivity index (χ4n) is 2.69. The first kappa shape index (κ1) is 16.0. The van der Waals surface area contributed by atoms with Crippen molar-refractivity contribution >= 4 is 19.4 Å². The molecule has 117 valence electrons. The van der Waals surface area contributed by atoms with Crippen LogP contribution in [0.4, 0.5) is 0 Å². The third kappa shape index (κ3) is 4.31. The van der Waals surface area contributed by atoms with Crippen LogP contribution in [0, 0.1) is 19.8 Å². The Labute approximate surface area is 141 Å². The first-order valence-corrected chi connectivity index (χ1v) is 9.60. The summed E-state index contributed by atoms with van der Waals surface area (Å²) in [5.41, 5.74) is 2.58. The minimum Gasteiger partial charge on any atom is -0.407 e. The van der Waals surface area contributed by atoms with E-state index in [1.54, 1.807) is 0 Å². The van der Waals surface area contributed by atoms with Crippen molar-refractivity contribution in [3.05, 3.63) is 84.0 Å². The second-order valence-corrected chi connectivity index (χ2v) is 8.28. The fourth-order valence-corrected chi connectivity index (χ4v) is 4.68. The van der Waals surface area contributed by atoms with E-state index in [4.69, 9.17) is 4.43 Å². The second-order valence-electron chi connectivity index (χ2n) is 6.18. The first-order valence-electron chi connectivity index (χ1n) is 8.19. The van der Waals surface area contributed by atoms with Crippen LogP contribution in [0.3, 0.4) is 0 Å². The van der Waals surface area contributed by atoms with Crippen LogP contribution in [0.15, 0.2) is 72.8 Å². The average molecular weight is 320 g/mol. The number of hydrogen-bond donors (Lipinski definition) is 0. The van der Waals surface area contributed by atoms with Crippen molar-refractivity contribution in [3.8, 4) is 0 Å². The number of allylic oxidation sites excluding steroid dienone is 3. The van der Waals surface area contributed by atoms with Gasteiger partial charge in [-0.15, -0.1) is 0 Å². The monoisotopic (exact) mass is 319 g/mol. The standard InChI is InChI=1S/C21H23OSi/c1-17-8-12-20(13-9-17)23(21-14-10-18(2)11-15-21)22-16-19-6-4-3-5-7-19/h3-6,8-15,19H,7,16H2,1-2H3. The second kappa shape index (κ2) is 7.58. The van der Waals surface area contributed by atoms with E-state index in [2.05, 4.69) is 86.7 Å². The molecular formula is C21H23OSi. The Balaban J connectivity index is 1.80. The highest BCUT2D eigenvalue weighted by Gasteiger charge is 2.20. The third-order valence-corrected chi connectivity index (χ3v) is 6.31. The molecule has 23 heavy (non-hydrogen) atoms. The summed E-state index contributed by atoms with van der Waals surface area (Å²) in [7, 11) is -1.19. The van der Waals surface area contributed by atoms with Crippen LogP contribution in [0.2, 0.25) is 0 Å². The minimum atomic E-state index is -1.19. The van der Waals surface area contributed by atoms with Gasteiger partial charge in [0.25, 0.3) is 9.04 Å². The molecular weight excluding hydrogens is 296 g/mol. The normalized spacial score (nSPS) is 16.9. The van der Waals surface area contributed by atoms with Crippen LogP contribution in [0.25, 0.3) is 0 Å². The predicted molar refractivity (Wildman–Crippen MR) is 99.7 cm³/mol. The lowest BCUT2D eigenvalue weighted by atomic mass is 10.0. The summed E-state index contributed by atoms with van der Waals surface area (Å²) in [5, 5.41) is 2.64. The Morgan fingerprint density at radius 3 is 1.91 bits per heavy atom. The molecule has 1 aliphatic rings. The molecule has 0 aromatic heterocycles. The molecule has 0 N–H and O–H groups in total. The fraction of sp³-hybridized carbons (Fsp3) is 0.238. The van der Waals surface area contributed by atoms with Crippen molar-refractivity contribution < 1.29 is 4.43 Å². The molecule has 0 saturated heterocycles. The van der Waals surface area contributed by atoms with Gasteiger partial charge in [0.15, 0.2) is 0 Å². The summed E-state index contributed by atoms with van der Waals surface area (Å²) >= 11 is 0. The molecule has 1 unspecified atom stereocenters. The van der Waals surface area contributed by atoms with E-state index in [0.29, 0.717) is 5.92 Å². The van der Waals surface area contributed by atoms with E-state index < -0.39 is 9.04 Å². The van der Waals surface area contributed by atoms with E-state index in [1.165, 1.54) is 21.5 Å². The van der Waals surface area contributed by atoms with Crippen molar-refractivity contribution in [1.29, 1.82) is 0 Å². The van der Waals surface area contributed by atoms with Gasteiger partial charge >= 0.3 is 0 Å². The zero-order valence-corrected chi connectivity index (χ0v) is 14.8. The van der Waals surface area contributed by atoms with Crippen molar-refractivity contribution in [2.45, 2.75) is 20.3 Å². The summed E-state index contributed by atoms with van der Waals surface area (Å²) < 4.78 is 6.45. The topological polar surface area (TPSA) is 9.23 Å². The third-order valence-electron chi connectivity index (χ3n) is 4.14. The number of benzene rings is 2. The zero-order valence-electron chi connectivity index (χ0n) is 13.8. The van der Waals surface area contributed by atoms with Crippen molar-refractivity contribution in [2.24, 2.45) is 5.92 Å². The van der Waals surface area contributed by atoms with Gasteiger partial charge in [0, 0.05) is 12.5 Å². The smallest absolute Gasteiger partial charge is 0.282 e. The summed E-state index contributed by atoms with van der Waals surface area (Å²) in [6.45, 7) is 5.04. The number of rotatable bonds is 5. The van der Waals surface area contributed by atoms with Gasteiger partial charge in [-0.25, -0.2) is 0 Å². The van der Waals surface area contributed by atoms with Gasteiger partial charge in [0.05, 0.1) is 0 Å². The van der Waals surface area contributed by atoms with E-state index in [9.17, 15) is 0 Å². The van der Waals surface area contributed by atoms with Crippen LogP contribution < -0.4 is 10.4 Å². The van der Waals surface area contributed by atoms with Gasteiger partial charge < -0.3 is 4.43 Å². The van der Waals surface area contributed by atoms with Crippen molar-refractivity contribution in [3.63, 3.8) is 0 Å². The lowest BCUT2D eigenvalue weighted by Gasteiger charge is -2.20. The Morgan fingerprint density at radius 2 is 1.43 bits per heavy atom. The lowest BCUT2D eigenvalue weighted by molar-refractivity contribution is 0.287. The molecule has 1 nitrogen and oxygen atoms in total. The summed E-state index contributed by atoms with van der Waals surface area (Å²) in [5.74, 6) is 0.496.